The summed E-state index contributed by atoms with van der Waals surface area (Å²) in [6, 6.07) is -0.267. The van der Waals surface area contributed by atoms with Gasteiger partial charge in [0.1, 0.15) is 0 Å². The molecule has 0 aromatic heterocycles. The minimum Gasteiger partial charge on any atom is -0.389 e. The van der Waals surface area contributed by atoms with Crippen molar-refractivity contribution in [3.8, 4) is 0 Å². The molecule has 0 aliphatic heterocycles. The van der Waals surface area contributed by atoms with E-state index in [9.17, 15) is 9.90 Å². The van der Waals surface area contributed by atoms with Gasteiger partial charge in [0, 0.05) is 13.1 Å². The molecule has 0 bridgehead atoms. The number of carbonyl (C=O) groups is 1. The highest BCUT2D eigenvalue weighted by atomic mass is 16.3. The first-order valence-corrected chi connectivity index (χ1v) is 6.04. The fourth-order valence-electron chi connectivity index (χ4n) is 1.06. The van der Waals surface area contributed by atoms with Gasteiger partial charge in [-0.15, -0.1) is 0 Å². The van der Waals surface area contributed by atoms with Crippen LogP contribution >= 0.6 is 0 Å². The van der Waals surface area contributed by atoms with Gasteiger partial charge in [-0.3, -0.25) is 4.79 Å². The Morgan fingerprint density at radius 3 is 2.38 bits per heavy atom. The third-order valence-electron chi connectivity index (χ3n) is 2.95. The van der Waals surface area contributed by atoms with Crippen LogP contribution in [0.25, 0.3) is 0 Å². The fraction of sp³-hybridized carbons (Fsp3) is 0.917. The van der Waals surface area contributed by atoms with Crippen molar-refractivity contribution in [3.63, 3.8) is 0 Å². The maximum absolute atomic E-state index is 11.5. The van der Waals surface area contributed by atoms with Crippen LogP contribution in [-0.4, -0.2) is 35.7 Å². The number of amides is 1. The highest BCUT2D eigenvalue weighted by Gasteiger charge is 2.26. The zero-order valence-corrected chi connectivity index (χ0v) is 11.1. The van der Waals surface area contributed by atoms with Gasteiger partial charge in [-0.25, -0.2) is 0 Å². The van der Waals surface area contributed by atoms with Crippen LogP contribution in [0.4, 0.5) is 0 Å². The minimum absolute atomic E-state index is 0.0126. The Kier molecular flexibility index (Phi) is 6.60. The molecule has 0 aromatic rings. The zero-order chi connectivity index (χ0) is 12.8. The van der Waals surface area contributed by atoms with E-state index in [0.717, 1.165) is 6.42 Å². The summed E-state index contributed by atoms with van der Waals surface area (Å²) in [5.74, 6) is 0.146. The van der Waals surface area contributed by atoms with Gasteiger partial charge in [-0.2, -0.15) is 0 Å². The van der Waals surface area contributed by atoms with Crippen LogP contribution in [0.5, 0.6) is 0 Å². The van der Waals surface area contributed by atoms with Gasteiger partial charge < -0.3 is 15.7 Å². The first-order valence-electron chi connectivity index (χ1n) is 6.04. The predicted molar refractivity (Wildman–Crippen MR) is 66.2 cm³/mol. The quantitative estimate of drug-likeness (QED) is 0.609. The molecule has 0 radical (unpaired) electrons. The third kappa shape index (κ3) is 5.47. The Morgan fingerprint density at radius 1 is 1.38 bits per heavy atom. The number of nitrogens with one attached hydrogen (secondary N) is 2. The molecule has 2 unspecified atom stereocenters. The number of carbonyl (C=O) groups excluding carboxylic acids is 1. The first-order chi connectivity index (χ1) is 7.31. The van der Waals surface area contributed by atoms with E-state index in [0.29, 0.717) is 13.1 Å². The van der Waals surface area contributed by atoms with Gasteiger partial charge in [0.05, 0.1) is 11.6 Å². The Morgan fingerprint density at radius 2 is 1.94 bits per heavy atom. The van der Waals surface area contributed by atoms with E-state index in [1.165, 1.54) is 0 Å². The molecule has 0 saturated heterocycles. The van der Waals surface area contributed by atoms with Crippen molar-refractivity contribution in [2.45, 2.75) is 52.7 Å². The lowest BCUT2D eigenvalue weighted by atomic mass is 9.92. The maximum atomic E-state index is 11.5. The minimum atomic E-state index is -0.778. The molecule has 0 aliphatic carbocycles. The second-order valence-corrected chi connectivity index (χ2v) is 4.91. The summed E-state index contributed by atoms with van der Waals surface area (Å²) in [5, 5.41) is 15.9. The van der Waals surface area contributed by atoms with Crippen molar-refractivity contribution in [1.29, 1.82) is 0 Å². The largest absolute Gasteiger partial charge is 0.389 e. The van der Waals surface area contributed by atoms with Crippen LogP contribution in [0.3, 0.4) is 0 Å². The average molecular weight is 230 g/mol. The first kappa shape index (κ1) is 15.4. The Hall–Kier alpha value is -0.610. The third-order valence-corrected chi connectivity index (χ3v) is 2.95. The van der Waals surface area contributed by atoms with Crippen LogP contribution in [0, 0.1) is 5.92 Å². The molecule has 16 heavy (non-hydrogen) atoms. The molecule has 0 heterocycles. The number of rotatable bonds is 7. The van der Waals surface area contributed by atoms with Crippen molar-refractivity contribution < 1.29 is 9.90 Å². The van der Waals surface area contributed by atoms with E-state index in [-0.39, 0.29) is 17.9 Å². The van der Waals surface area contributed by atoms with E-state index in [1.807, 2.05) is 20.8 Å². The van der Waals surface area contributed by atoms with Crippen molar-refractivity contribution >= 4 is 5.91 Å². The molecule has 0 fully saturated rings. The van der Waals surface area contributed by atoms with Crippen LogP contribution in [0.15, 0.2) is 0 Å². The van der Waals surface area contributed by atoms with E-state index in [2.05, 4.69) is 10.6 Å². The lowest BCUT2D eigenvalue weighted by molar-refractivity contribution is -0.123. The normalized spacial score (nSPS) is 16.9. The van der Waals surface area contributed by atoms with Gasteiger partial charge in [0.2, 0.25) is 5.91 Å². The van der Waals surface area contributed by atoms with Gasteiger partial charge in [0.25, 0.3) is 0 Å². The van der Waals surface area contributed by atoms with E-state index in [1.54, 1.807) is 13.8 Å². The van der Waals surface area contributed by atoms with E-state index >= 15 is 0 Å². The number of aliphatic hydroxyl groups is 1. The average Bonchev–Trinajstić information content (AvgIpc) is 2.22. The maximum Gasteiger partial charge on any atom is 0.236 e. The van der Waals surface area contributed by atoms with Gasteiger partial charge in [0.15, 0.2) is 0 Å². The standard InChI is InChI=1S/C12H26N2O2/c1-6-7-13-11(15)10(4)14-8-12(5,16)9(2)3/h9-10,14,16H,6-8H2,1-5H3,(H,13,15). The molecule has 2 atom stereocenters. The van der Waals surface area contributed by atoms with Gasteiger partial charge in [-0.05, 0) is 26.2 Å². The predicted octanol–water partition coefficient (Wildman–Crippen LogP) is 0.898. The molecular formula is C12H26N2O2. The summed E-state index contributed by atoms with van der Waals surface area (Å²) in [7, 11) is 0. The molecule has 0 rings (SSSR count). The summed E-state index contributed by atoms with van der Waals surface area (Å²) < 4.78 is 0. The molecule has 4 nitrogen and oxygen atoms in total. The molecule has 96 valence electrons. The second kappa shape index (κ2) is 6.86. The number of hydrogen-bond acceptors (Lipinski definition) is 3. The topological polar surface area (TPSA) is 61.4 Å². The van der Waals surface area contributed by atoms with Gasteiger partial charge >= 0.3 is 0 Å². The summed E-state index contributed by atoms with van der Waals surface area (Å²) in [4.78, 5) is 11.5. The molecular weight excluding hydrogens is 204 g/mol. The highest BCUT2D eigenvalue weighted by molar-refractivity contribution is 5.81. The second-order valence-electron chi connectivity index (χ2n) is 4.91. The summed E-state index contributed by atoms with van der Waals surface area (Å²) in [6.07, 6.45) is 0.933. The van der Waals surface area contributed by atoms with Crippen LogP contribution < -0.4 is 10.6 Å². The molecule has 0 spiro atoms. The summed E-state index contributed by atoms with van der Waals surface area (Å²) >= 11 is 0. The Labute approximate surface area is 98.8 Å². The monoisotopic (exact) mass is 230 g/mol. The van der Waals surface area contributed by atoms with Crippen LogP contribution in [-0.2, 0) is 4.79 Å². The SMILES string of the molecule is CCCNC(=O)C(C)NCC(C)(O)C(C)C. The van der Waals surface area contributed by atoms with Crippen molar-refractivity contribution in [1.82, 2.24) is 10.6 Å². The molecule has 0 aromatic carbocycles. The molecule has 0 saturated carbocycles. The lowest BCUT2D eigenvalue weighted by Gasteiger charge is -2.29. The lowest BCUT2D eigenvalue weighted by Crippen LogP contribution is -2.49. The van der Waals surface area contributed by atoms with Crippen LogP contribution in [0.1, 0.15) is 41.0 Å². The van der Waals surface area contributed by atoms with Gasteiger partial charge in [-0.1, -0.05) is 20.8 Å². The molecule has 0 aliphatic rings. The smallest absolute Gasteiger partial charge is 0.236 e. The molecule has 3 N–H and O–H groups in total. The highest BCUT2D eigenvalue weighted by Crippen LogP contribution is 2.14. The number of hydrogen-bond donors (Lipinski definition) is 3. The Balaban J connectivity index is 3.97. The van der Waals surface area contributed by atoms with E-state index in [4.69, 9.17) is 0 Å². The van der Waals surface area contributed by atoms with Crippen molar-refractivity contribution in [2.24, 2.45) is 5.92 Å². The molecule has 1 amide bonds. The Bertz CT molecular complexity index is 215. The van der Waals surface area contributed by atoms with E-state index < -0.39 is 5.60 Å². The van der Waals surface area contributed by atoms with Crippen molar-refractivity contribution in [3.05, 3.63) is 0 Å². The van der Waals surface area contributed by atoms with Crippen molar-refractivity contribution in [2.75, 3.05) is 13.1 Å². The summed E-state index contributed by atoms with van der Waals surface area (Å²) in [6.45, 7) is 10.6. The zero-order valence-electron chi connectivity index (χ0n) is 11.1. The fourth-order valence-corrected chi connectivity index (χ4v) is 1.06. The summed E-state index contributed by atoms with van der Waals surface area (Å²) in [5.41, 5.74) is -0.778. The van der Waals surface area contributed by atoms with Crippen LogP contribution in [0.2, 0.25) is 0 Å². The molecule has 4 heteroatoms.